The number of ketones is 2. The van der Waals surface area contributed by atoms with Crippen molar-refractivity contribution in [2.75, 3.05) is 5.88 Å². The molecule has 1 saturated carbocycles. The van der Waals surface area contributed by atoms with Crippen molar-refractivity contribution in [3.8, 4) is 0 Å². The third-order valence-corrected chi connectivity index (χ3v) is 2.10. The zero-order chi connectivity index (χ0) is 7.56. The maximum absolute atomic E-state index is 10.9. The molecule has 0 heterocycles. The largest absolute Gasteiger partial charge is 0.300 e. The minimum Gasteiger partial charge on any atom is -0.300 e. The predicted molar refractivity (Wildman–Crippen MR) is 38.1 cm³/mol. The van der Waals surface area contributed by atoms with Crippen molar-refractivity contribution < 1.29 is 9.59 Å². The minimum absolute atomic E-state index is 0.0208. The zero-order valence-electron chi connectivity index (χ0n) is 5.60. The monoisotopic (exact) mass is 160 g/mol. The van der Waals surface area contributed by atoms with Crippen LogP contribution in [0.4, 0.5) is 0 Å². The average molecular weight is 161 g/mol. The lowest BCUT2D eigenvalue weighted by Crippen LogP contribution is -2.12. The summed E-state index contributed by atoms with van der Waals surface area (Å²) in [6, 6.07) is 0. The fourth-order valence-electron chi connectivity index (χ4n) is 1.20. The lowest BCUT2D eigenvalue weighted by Gasteiger charge is -2.00. The van der Waals surface area contributed by atoms with Crippen LogP contribution in [0.15, 0.2) is 0 Å². The van der Waals surface area contributed by atoms with E-state index in [9.17, 15) is 9.59 Å². The second kappa shape index (κ2) is 3.15. The van der Waals surface area contributed by atoms with Crippen LogP contribution in [0.25, 0.3) is 0 Å². The molecule has 1 rings (SSSR count). The van der Waals surface area contributed by atoms with Gasteiger partial charge in [0.15, 0.2) is 5.78 Å². The molecule has 0 spiro atoms. The van der Waals surface area contributed by atoms with Crippen LogP contribution in [0.3, 0.4) is 0 Å². The number of carbonyl (C=O) groups excluding carboxylic acids is 2. The Hall–Kier alpha value is -0.370. The summed E-state index contributed by atoms with van der Waals surface area (Å²) in [5, 5.41) is 0. The van der Waals surface area contributed by atoms with Crippen LogP contribution in [0.2, 0.25) is 0 Å². The number of alkyl halides is 1. The van der Waals surface area contributed by atoms with Crippen molar-refractivity contribution in [3.05, 3.63) is 0 Å². The fraction of sp³-hybridized carbons (Fsp3) is 0.714. The molecule has 2 nitrogen and oxygen atoms in total. The van der Waals surface area contributed by atoms with Crippen LogP contribution >= 0.6 is 11.6 Å². The van der Waals surface area contributed by atoms with E-state index in [0.717, 1.165) is 0 Å². The molecule has 0 bridgehead atoms. The first-order valence-corrected chi connectivity index (χ1v) is 3.88. The summed E-state index contributed by atoms with van der Waals surface area (Å²) >= 11 is 5.32. The summed E-state index contributed by atoms with van der Waals surface area (Å²) < 4.78 is 0. The van der Waals surface area contributed by atoms with Crippen LogP contribution in [0.5, 0.6) is 0 Å². The standard InChI is InChI=1S/C7H9ClO2/c8-4-7(10)5-1-2-6(9)3-5/h5H,1-4H2/t5-/m0/s1. The van der Waals surface area contributed by atoms with Crippen molar-refractivity contribution in [1.29, 1.82) is 0 Å². The van der Waals surface area contributed by atoms with Gasteiger partial charge in [-0.25, -0.2) is 0 Å². The average Bonchev–Trinajstić information content (AvgIpc) is 2.34. The molecule has 3 heteroatoms. The molecule has 10 heavy (non-hydrogen) atoms. The highest BCUT2D eigenvalue weighted by atomic mass is 35.5. The van der Waals surface area contributed by atoms with Crippen molar-refractivity contribution >= 4 is 23.2 Å². The summed E-state index contributed by atoms with van der Waals surface area (Å²) in [5.74, 6) is 0.207. The number of Topliss-reactive ketones (excluding diaryl/α,β-unsaturated/α-hetero) is 2. The Kier molecular flexibility index (Phi) is 2.44. The predicted octanol–water partition coefficient (Wildman–Crippen LogP) is 1.16. The van der Waals surface area contributed by atoms with Gasteiger partial charge in [0.2, 0.25) is 0 Å². The van der Waals surface area contributed by atoms with Gasteiger partial charge in [0, 0.05) is 18.8 Å². The van der Waals surface area contributed by atoms with Gasteiger partial charge in [0.1, 0.15) is 5.78 Å². The van der Waals surface area contributed by atoms with Crippen molar-refractivity contribution in [2.45, 2.75) is 19.3 Å². The lowest BCUT2D eigenvalue weighted by atomic mass is 10.0. The van der Waals surface area contributed by atoms with Gasteiger partial charge in [0.05, 0.1) is 5.88 Å². The van der Waals surface area contributed by atoms with E-state index in [1.54, 1.807) is 0 Å². The number of hydrogen-bond acceptors (Lipinski definition) is 2. The van der Waals surface area contributed by atoms with E-state index in [0.29, 0.717) is 19.3 Å². The van der Waals surface area contributed by atoms with Crippen LogP contribution in [-0.2, 0) is 9.59 Å². The summed E-state index contributed by atoms with van der Waals surface area (Å²) in [7, 11) is 0. The normalized spacial score (nSPS) is 25.3. The molecular formula is C7H9ClO2. The zero-order valence-corrected chi connectivity index (χ0v) is 6.36. The van der Waals surface area contributed by atoms with E-state index in [1.165, 1.54) is 0 Å². The van der Waals surface area contributed by atoms with Gasteiger partial charge in [-0.15, -0.1) is 11.6 Å². The molecule has 56 valence electrons. The van der Waals surface area contributed by atoms with Crippen LogP contribution in [-0.4, -0.2) is 17.4 Å². The van der Waals surface area contributed by atoms with Crippen molar-refractivity contribution in [3.63, 3.8) is 0 Å². The molecule has 0 aromatic rings. The molecule has 1 atom stereocenters. The van der Waals surface area contributed by atoms with E-state index in [4.69, 9.17) is 11.6 Å². The summed E-state index contributed by atoms with van der Waals surface area (Å²) in [5.41, 5.74) is 0. The molecule has 0 saturated heterocycles. The van der Waals surface area contributed by atoms with Gasteiger partial charge in [0.25, 0.3) is 0 Å². The number of carbonyl (C=O) groups is 2. The summed E-state index contributed by atoms with van der Waals surface area (Å²) in [6.45, 7) is 0. The van der Waals surface area contributed by atoms with E-state index in [-0.39, 0.29) is 23.4 Å². The number of rotatable bonds is 2. The maximum Gasteiger partial charge on any atom is 0.151 e. The fourth-order valence-corrected chi connectivity index (χ4v) is 1.42. The quantitative estimate of drug-likeness (QED) is 0.569. The van der Waals surface area contributed by atoms with Crippen LogP contribution in [0, 0.1) is 5.92 Å². The summed E-state index contributed by atoms with van der Waals surface area (Å²) in [4.78, 5) is 21.6. The second-order valence-corrected chi connectivity index (χ2v) is 2.85. The molecule has 1 fully saturated rings. The molecule has 1 aliphatic carbocycles. The van der Waals surface area contributed by atoms with E-state index < -0.39 is 0 Å². The van der Waals surface area contributed by atoms with Crippen molar-refractivity contribution in [1.82, 2.24) is 0 Å². The molecule has 0 aromatic carbocycles. The number of hydrogen-bond donors (Lipinski definition) is 0. The molecule has 0 unspecified atom stereocenters. The third-order valence-electron chi connectivity index (χ3n) is 1.83. The lowest BCUT2D eigenvalue weighted by molar-refractivity contribution is -0.123. The third kappa shape index (κ3) is 1.57. The maximum atomic E-state index is 10.9. The first kappa shape index (κ1) is 7.73. The molecule has 0 aliphatic heterocycles. The highest BCUT2D eigenvalue weighted by Crippen LogP contribution is 2.22. The first-order chi connectivity index (χ1) is 4.74. The minimum atomic E-state index is -0.0648. The highest BCUT2D eigenvalue weighted by Gasteiger charge is 2.26. The summed E-state index contributed by atoms with van der Waals surface area (Å²) in [6.07, 6.45) is 1.70. The van der Waals surface area contributed by atoms with Crippen molar-refractivity contribution in [2.24, 2.45) is 5.92 Å². The Morgan fingerprint density at radius 2 is 2.40 bits per heavy atom. The van der Waals surface area contributed by atoms with Gasteiger partial charge in [-0.1, -0.05) is 0 Å². The van der Waals surface area contributed by atoms with Gasteiger partial charge in [-0.05, 0) is 6.42 Å². The molecule has 0 aromatic heterocycles. The molecule has 0 amide bonds. The Bertz CT molecular complexity index is 165. The van der Waals surface area contributed by atoms with Crippen LogP contribution in [0.1, 0.15) is 19.3 Å². The second-order valence-electron chi connectivity index (χ2n) is 2.58. The molecule has 1 aliphatic rings. The number of halogens is 1. The Morgan fingerprint density at radius 1 is 1.70 bits per heavy atom. The molecule has 0 radical (unpaired) electrons. The van der Waals surface area contributed by atoms with Gasteiger partial charge in [-0.2, -0.15) is 0 Å². The van der Waals surface area contributed by atoms with E-state index in [2.05, 4.69) is 0 Å². The van der Waals surface area contributed by atoms with Crippen LogP contribution < -0.4 is 0 Å². The first-order valence-electron chi connectivity index (χ1n) is 3.34. The van der Waals surface area contributed by atoms with Gasteiger partial charge < -0.3 is 0 Å². The van der Waals surface area contributed by atoms with Gasteiger partial charge >= 0.3 is 0 Å². The Labute approximate surface area is 64.5 Å². The Balaban J connectivity index is 2.44. The molecule has 0 N–H and O–H groups in total. The molecular weight excluding hydrogens is 152 g/mol. The van der Waals surface area contributed by atoms with Gasteiger partial charge in [-0.3, -0.25) is 9.59 Å². The topological polar surface area (TPSA) is 34.1 Å². The van der Waals surface area contributed by atoms with E-state index in [1.807, 2.05) is 0 Å². The smallest absolute Gasteiger partial charge is 0.151 e. The SMILES string of the molecule is O=C1CC[C@H](C(=O)CCl)C1. The highest BCUT2D eigenvalue weighted by molar-refractivity contribution is 6.28. The van der Waals surface area contributed by atoms with E-state index >= 15 is 0 Å². The Morgan fingerprint density at radius 3 is 2.80 bits per heavy atom.